The quantitative estimate of drug-likeness (QED) is 0.0754. The number of methoxy groups -OCH3 is 1. The maximum atomic E-state index is 11.4. The Morgan fingerprint density at radius 3 is 1.75 bits per heavy atom. The van der Waals surface area contributed by atoms with Gasteiger partial charge in [0.15, 0.2) is 0 Å². The third kappa shape index (κ3) is 7.24. The molecule has 2 aliphatic heterocycles. The molecule has 2 saturated carbocycles. The van der Waals surface area contributed by atoms with Crippen molar-refractivity contribution in [2.45, 2.75) is 87.7 Å². The number of nitrogens with one attached hydrogen (secondary N) is 4. The zero-order valence-electron chi connectivity index (χ0n) is 29.7. The number of thioether (sulfide) groups is 2. The van der Waals surface area contributed by atoms with Crippen molar-refractivity contribution in [3.8, 4) is 17.2 Å². The number of pyridine rings is 1. The molecule has 0 bridgehead atoms. The van der Waals surface area contributed by atoms with E-state index < -0.39 is 24.3 Å². The highest BCUT2D eigenvalue weighted by molar-refractivity contribution is 8.15. The standard InChI is InChI=1S/C40H45N7O4S2/c1-50-27-13-22-15-31(44-35(22)29(17-27)42-24-7-2-3-8-24)39-46-33(20-52-39)37(48)38(49)34-21-53-40(47-34)32-16-23-14-28(51-26-11-6-12-41-19-26)18-30(36(23)45-32)43-25-9-4-5-10-25/h6,11-19,24-25,33-34,37-38,42-45,48-49H,2-5,7-10,20-21H2,1H3. The predicted molar refractivity (Wildman–Crippen MR) is 217 cm³/mol. The molecule has 13 heteroatoms. The fourth-order valence-corrected chi connectivity index (χ4v) is 10.2. The summed E-state index contributed by atoms with van der Waals surface area (Å²) in [6, 6.07) is 16.1. The Balaban J connectivity index is 0.923. The van der Waals surface area contributed by atoms with Crippen LogP contribution in [0.1, 0.15) is 62.8 Å². The minimum atomic E-state index is -1.05. The van der Waals surface area contributed by atoms with Crippen molar-refractivity contribution in [1.29, 1.82) is 0 Å². The van der Waals surface area contributed by atoms with E-state index >= 15 is 0 Å². The summed E-state index contributed by atoms with van der Waals surface area (Å²) < 4.78 is 11.8. The number of ether oxygens (including phenoxy) is 2. The monoisotopic (exact) mass is 751 g/mol. The van der Waals surface area contributed by atoms with Gasteiger partial charge in [0.25, 0.3) is 0 Å². The Kier molecular flexibility index (Phi) is 9.74. The van der Waals surface area contributed by atoms with Crippen molar-refractivity contribution in [3.63, 3.8) is 0 Å². The summed E-state index contributed by atoms with van der Waals surface area (Å²) in [5.74, 6) is 3.38. The normalized spacial score (nSPS) is 22.0. The number of aliphatic hydroxyl groups is 2. The molecule has 4 unspecified atom stereocenters. The molecule has 4 aliphatic rings. The van der Waals surface area contributed by atoms with Crippen LogP contribution in [0.5, 0.6) is 17.2 Å². The number of aliphatic imine (C=N–C) groups is 2. The Morgan fingerprint density at radius 1 is 0.717 bits per heavy atom. The van der Waals surface area contributed by atoms with E-state index in [2.05, 4.69) is 43.8 Å². The lowest BCUT2D eigenvalue weighted by Gasteiger charge is -2.24. The Morgan fingerprint density at radius 2 is 1.25 bits per heavy atom. The molecule has 11 nitrogen and oxygen atoms in total. The fraction of sp³-hybridized carbons (Fsp3) is 0.425. The van der Waals surface area contributed by atoms with Crippen LogP contribution in [-0.2, 0) is 0 Å². The first-order valence-electron chi connectivity index (χ1n) is 18.7. The smallest absolute Gasteiger partial charge is 0.145 e. The Bertz CT molecular complexity index is 2160. The molecular weight excluding hydrogens is 707 g/mol. The molecule has 276 valence electrons. The van der Waals surface area contributed by atoms with Crippen LogP contribution in [0.25, 0.3) is 21.8 Å². The maximum Gasteiger partial charge on any atom is 0.145 e. The third-order valence-electron chi connectivity index (χ3n) is 10.9. The number of aliphatic hydroxyl groups excluding tert-OH is 2. The third-order valence-corrected chi connectivity index (χ3v) is 13.1. The van der Waals surface area contributed by atoms with E-state index in [4.69, 9.17) is 19.5 Å². The fourth-order valence-electron chi connectivity index (χ4n) is 8.07. The van der Waals surface area contributed by atoms with Gasteiger partial charge in [0.2, 0.25) is 0 Å². The molecule has 2 aromatic carbocycles. The SMILES string of the molecule is COc1cc(NC2CCCC2)c2[nH]c(C3=NC(C(O)C(O)C4CSC(c5cc6cc(Oc7cccnc7)cc(NC7CCCC7)c6[nH]5)=N4)CS3)cc2c1. The number of fused-ring (bicyclic) bond motifs is 2. The second kappa shape index (κ2) is 14.9. The van der Waals surface area contributed by atoms with Crippen molar-refractivity contribution >= 4 is 66.8 Å². The van der Waals surface area contributed by atoms with Gasteiger partial charge < -0.3 is 40.3 Å². The van der Waals surface area contributed by atoms with Crippen LogP contribution in [0, 0.1) is 0 Å². The Hall–Kier alpha value is -4.17. The van der Waals surface area contributed by atoms with Crippen molar-refractivity contribution in [1.82, 2.24) is 15.0 Å². The summed E-state index contributed by atoms with van der Waals surface area (Å²) in [5.41, 5.74) is 5.85. The lowest BCUT2D eigenvalue weighted by atomic mass is 10.0. The zero-order chi connectivity index (χ0) is 35.9. The van der Waals surface area contributed by atoms with Crippen LogP contribution >= 0.6 is 23.5 Å². The molecule has 53 heavy (non-hydrogen) atoms. The second-order valence-electron chi connectivity index (χ2n) is 14.6. The highest BCUT2D eigenvalue weighted by Gasteiger charge is 2.38. The molecule has 5 aromatic rings. The van der Waals surface area contributed by atoms with Crippen LogP contribution in [0.4, 0.5) is 11.4 Å². The topological polar surface area (TPSA) is 152 Å². The number of aromatic amines is 2. The number of H-pyrrole nitrogens is 2. The molecule has 3 aromatic heterocycles. The maximum absolute atomic E-state index is 11.4. The number of aromatic nitrogens is 3. The van der Waals surface area contributed by atoms with Gasteiger partial charge in [0.05, 0.1) is 59.2 Å². The van der Waals surface area contributed by atoms with Gasteiger partial charge >= 0.3 is 0 Å². The van der Waals surface area contributed by atoms with Gasteiger partial charge in [-0.2, -0.15) is 0 Å². The van der Waals surface area contributed by atoms with E-state index in [0.29, 0.717) is 29.3 Å². The first kappa shape index (κ1) is 34.6. The van der Waals surface area contributed by atoms with E-state index in [0.717, 1.165) is 79.0 Å². The number of hydrogen-bond acceptors (Lipinski definition) is 11. The van der Waals surface area contributed by atoms with Crippen LogP contribution in [-0.4, -0.2) is 90.2 Å². The number of hydrogen-bond donors (Lipinski definition) is 6. The van der Waals surface area contributed by atoms with Crippen LogP contribution < -0.4 is 20.1 Å². The Labute approximate surface area is 316 Å². The largest absolute Gasteiger partial charge is 0.497 e. The zero-order valence-corrected chi connectivity index (χ0v) is 31.3. The lowest BCUT2D eigenvalue weighted by molar-refractivity contribution is -0.000172. The van der Waals surface area contributed by atoms with E-state index in [1.165, 1.54) is 38.5 Å². The molecule has 2 aliphatic carbocycles. The van der Waals surface area contributed by atoms with Gasteiger partial charge in [-0.3, -0.25) is 15.0 Å². The van der Waals surface area contributed by atoms with Crippen molar-refractivity contribution in [2.24, 2.45) is 9.98 Å². The van der Waals surface area contributed by atoms with Gasteiger partial charge in [0.1, 0.15) is 39.5 Å². The van der Waals surface area contributed by atoms with Crippen molar-refractivity contribution in [2.75, 3.05) is 29.2 Å². The van der Waals surface area contributed by atoms with Gasteiger partial charge in [-0.1, -0.05) is 25.7 Å². The molecule has 0 saturated heterocycles. The molecule has 5 heterocycles. The number of anilines is 2. The van der Waals surface area contributed by atoms with E-state index in [1.807, 2.05) is 30.3 Å². The molecule has 0 spiro atoms. The van der Waals surface area contributed by atoms with Crippen LogP contribution in [0.3, 0.4) is 0 Å². The summed E-state index contributed by atoms with van der Waals surface area (Å²) in [6.07, 6.45) is 11.0. The minimum Gasteiger partial charge on any atom is -0.497 e. The number of nitrogens with zero attached hydrogens (tertiary/aromatic N) is 3. The lowest BCUT2D eigenvalue weighted by Crippen LogP contribution is -2.43. The molecule has 2 fully saturated rings. The van der Waals surface area contributed by atoms with Gasteiger partial charge in [-0.15, -0.1) is 23.5 Å². The number of rotatable bonds is 12. The molecule has 6 N–H and O–H groups in total. The average molecular weight is 752 g/mol. The summed E-state index contributed by atoms with van der Waals surface area (Å²) >= 11 is 3.19. The first-order chi connectivity index (χ1) is 26.0. The highest BCUT2D eigenvalue weighted by atomic mass is 32.2. The van der Waals surface area contributed by atoms with Crippen LogP contribution in [0.15, 0.2) is 70.9 Å². The predicted octanol–water partition coefficient (Wildman–Crippen LogP) is 7.70. The minimum absolute atomic E-state index is 0.422. The van der Waals surface area contributed by atoms with Gasteiger partial charge in [0, 0.05) is 52.7 Å². The van der Waals surface area contributed by atoms with Crippen molar-refractivity contribution < 1.29 is 19.7 Å². The van der Waals surface area contributed by atoms with E-state index in [9.17, 15) is 10.2 Å². The summed E-state index contributed by atoms with van der Waals surface area (Å²) in [6.45, 7) is 0. The average Bonchev–Trinajstić information content (AvgIpc) is 4.01. The first-order valence-corrected chi connectivity index (χ1v) is 20.7. The van der Waals surface area contributed by atoms with E-state index in [-0.39, 0.29) is 0 Å². The molecule has 0 amide bonds. The number of benzene rings is 2. The van der Waals surface area contributed by atoms with Crippen molar-refractivity contribution in [3.05, 3.63) is 72.3 Å². The van der Waals surface area contributed by atoms with Gasteiger partial charge in [-0.25, -0.2) is 0 Å². The van der Waals surface area contributed by atoms with Crippen LogP contribution in [0.2, 0.25) is 0 Å². The second-order valence-corrected chi connectivity index (χ2v) is 16.6. The summed E-state index contributed by atoms with van der Waals surface area (Å²) in [5, 5.41) is 34.1. The summed E-state index contributed by atoms with van der Waals surface area (Å²) in [7, 11) is 1.69. The summed E-state index contributed by atoms with van der Waals surface area (Å²) in [4.78, 5) is 21.3. The highest BCUT2D eigenvalue weighted by Crippen LogP contribution is 2.38. The van der Waals surface area contributed by atoms with Gasteiger partial charge in [-0.05, 0) is 62.1 Å². The molecular formula is C40H45N7O4S2. The molecule has 9 rings (SSSR count). The molecule has 0 radical (unpaired) electrons. The molecule has 4 atom stereocenters. The van der Waals surface area contributed by atoms with E-state index in [1.54, 1.807) is 43.0 Å².